The van der Waals surface area contributed by atoms with Gasteiger partial charge in [-0.3, -0.25) is 0 Å². The van der Waals surface area contributed by atoms with Gasteiger partial charge in [0, 0.05) is 26.2 Å². The van der Waals surface area contributed by atoms with Crippen molar-refractivity contribution < 1.29 is 0 Å². The van der Waals surface area contributed by atoms with Gasteiger partial charge in [0.1, 0.15) is 0 Å². The zero-order valence-electron chi connectivity index (χ0n) is 10.9. The first kappa shape index (κ1) is 23.1. The van der Waals surface area contributed by atoms with Crippen molar-refractivity contribution in [3.63, 3.8) is 0 Å². The molecule has 2 nitrogen and oxygen atoms in total. The fourth-order valence-corrected chi connectivity index (χ4v) is 2.00. The predicted molar refractivity (Wildman–Crippen MR) is 91.5 cm³/mol. The second-order valence-corrected chi connectivity index (χ2v) is 4.94. The Bertz CT molecular complexity index is 184. The Labute approximate surface area is 145 Å². The van der Waals surface area contributed by atoms with E-state index in [2.05, 4.69) is 0 Å². The zero-order chi connectivity index (χ0) is 13.1. The van der Waals surface area contributed by atoms with E-state index in [0.29, 0.717) is 8.64 Å². The summed E-state index contributed by atoms with van der Waals surface area (Å²) in [6.45, 7) is 11.9. The first-order valence-electron chi connectivity index (χ1n) is 5.36. The van der Waals surface area contributed by atoms with E-state index in [1.165, 1.54) is 0 Å². The van der Waals surface area contributed by atoms with Crippen molar-refractivity contribution in [3.05, 3.63) is 0 Å². The first-order chi connectivity index (χ1) is 7.44. The molecule has 0 aromatic carbocycles. The third-order valence-electron chi connectivity index (χ3n) is 2.04. The van der Waals surface area contributed by atoms with Crippen LogP contribution in [0.3, 0.4) is 0 Å². The average molecular weight is 415 g/mol. The molecule has 0 aromatic heterocycles. The summed E-state index contributed by atoms with van der Waals surface area (Å²) in [5.41, 5.74) is 0. The molecule has 17 heavy (non-hydrogen) atoms. The van der Waals surface area contributed by atoms with E-state index in [4.69, 9.17) is 49.7 Å². The van der Waals surface area contributed by atoms with Gasteiger partial charge in [0.05, 0.1) is 0 Å². The maximum absolute atomic E-state index is 4.76. The van der Waals surface area contributed by atoms with Crippen LogP contribution in [0.4, 0.5) is 0 Å². The molecule has 0 aliphatic rings. The van der Waals surface area contributed by atoms with E-state index < -0.39 is 0 Å². The van der Waals surface area contributed by atoms with E-state index in [-0.39, 0.29) is 23.9 Å². The van der Waals surface area contributed by atoms with Crippen molar-refractivity contribution in [2.75, 3.05) is 26.2 Å². The Morgan fingerprint density at radius 3 is 0.941 bits per heavy atom. The maximum atomic E-state index is 4.76. The Balaban J connectivity index is -0.000000218. The van der Waals surface area contributed by atoms with E-state index in [0.717, 1.165) is 26.2 Å². The molecule has 0 aliphatic carbocycles. The molecule has 0 bridgehead atoms. The quantitative estimate of drug-likeness (QED) is 0.391. The average Bonchev–Trinajstić information content (AvgIpc) is 2.21. The molecule has 0 rings (SSSR count). The Hall–Kier alpha value is 1.02. The minimum Gasteiger partial charge on any atom is -0.411 e. The van der Waals surface area contributed by atoms with Gasteiger partial charge in [-0.1, -0.05) is 8.64 Å². The van der Waals surface area contributed by atoms with Crippen LogP contribution in [-0.4, -0.2) is 68.5 Å². The molecule has 0 aromatic rings. The van der Waals surface area contributed by atoms with Gasteiger partial charge in [0.15, 0.2) is 0 Å². The molecule has 0 atom stereocenters. The van der Waals surface area contributed by atoms with Crippen molar-refractivity contribution in [1.29, 1.82) is 0 Å². The smallest absolute Gasteiger partial charge is 0.411 e. The number of thiocarbonyl (C=S) groups is 2. The van der Waals surface area contributed by atoms with Crippen LogP contribution in [0.15, 0.2) is 0 Å². The van der Waals surface area contributed by atoms with Crippen molar-refractivity contribution in [3.8, 4) is 0 Å². The van der Waals surface area contributed by atoms with Crippen molar-refractivity contribution in [2.45, 2.75) is 27.7 Å². The van der Waals surface area contributed by atoms with Gasteiger partial charge in [-0.2, -0.15) is 0 Å². The number of nitrogens with zero attached hydrogens (tertiary/aromatic N) is 2. The number of hydrogen-bond donors (Lipinski definition) is 0. The summed E-state index contributed by atoms with van der Waals surface area (Å²) in [7, 11) is 0. The third-order valence-corrected chi connectivity index (χ3v) is 3.08. The van der Waals surface area contributed by atoms with Crippen molar-refractivity contribution in [2.24, 2.45) is 0 Å². The molecule has 0 spiro atoms. The summed E-state index contributed by atoms with van der Waals surface area (Å²) in [6, 6.07) is 0. The summed E-state index contributed by atoms with van der Waals surface area (Å²) in [6.07, 6.45) is 0. The standard InChI is InChI=1S/2C5H11NS2.Sn/c2*1-3-6(4-2)5(7)8;/h2*3-4H2,1-2H3,(H,7,8);/q;;+4/p-2. The maximum Gasteiger partial charge on any atom is 4.00 e. The van der Waals surface area contributed by atoms with Crippen LogP contribution in [0, 0.1) is 0 Å². The van der Waals surface area contributed by atoms with Crippen LogP contribution in [0.5, 0.6) is 0 Å². The second kappa shape index (κ2) is 15.1. The topological polar surface area (TPSA) is 6.48 Å². The minimum absolute atomic E-state index is 0. The van der Waals surface area contributed by atoms with Crippen LogP contribution in [-0.2, 0) is 25.3 Å². The largest absolute Gasteiger partial charge is 4.00 e. The number of hydrogen-bond acceptors (Lipinski definition) is 4. The van der Waals surface area contributed by atoms with Gasteiger partial charge in [-0.05, 0) is 27.7 Å². The van der Waals surface area contributed by atoms with Gasteiger partial charge in [0.2, 0.25) is 0 Å². The van der Waals surface area contributed by atoms with Gasteiger partial charge in [-0.15, -0.1) is 0 Å². The molecule has 96 valence electrons. The Morgan fingerprint density at radius 1 is 0.765 bits per heavy atom. The fraction of sp³-hybridized carbons (Fsp3) is 0.800. The van der Waals surface area contributed by atoms with Crippen LogP contribution >= 0.6 is 24.4 Å². The van der Waals surface area contributed by atoms with Gasteiger partial charge >= 0.3 is 23.9 Å². The summed E-state index contributed by atoms with van der Waals surface area (Å²) >= 11 is 19.0. The van der Waals surface area contributed by atoms with E-state index in [9.17, 15) is 0 Å². The summed E-state index contributed by atoms with van der Waals surface area (Å²) in [5, 5.41) is 0. The minimum atomic E-state index is 0. The van der Waals surface area contributed by atoms with E-state index >= 15 is 0 Å². The van der Waals surface area contributed by atoms with Gasteiger partial charge in [-0.25, -0.2) is 0 Å². The molecule has 0 aliphatic heterocycles. The zero-order valence-corrected chi connectivity index (χ0v) is 17.0. The molecule has 0 N–H and O–H groups in total. The summed E-state index contributed by atoms with van der Waals surface area (Å²) in [4.78, 5) is 3.93. The third kappa shape index (κ3) is 13.3. The molecule has 0 unspecified atom stereocenters. The van der Waals surface area contributed by atoms with Crippen LogP contribution < -0.4 is 0 Å². The normalized spacial score (nSPS) is 8.24. The monoisotopic (exact) mass is 416 g/mol. The molecule has 0 heterocycles. The Morgan fingerprint density at radius 2 is 0.941 bits per heavy atom. The summed E-state index contributed by atoms with van der Waals surface area (Å²) in [5.74, 6) is 0. The summed E-state index contributed by atoms with van der Waals surface area (Å²) < 4.78 is 1.16. The molecule has 0 saturated carbocycles. The molecule has 0 amide bonds. The van der Waals surface area contributed by atoms with Crippen LogP contribution in [0.2, 0.25) is 0 Å². The van der Waals surface area contributed by atoms with E-state index in [1.807, 2.05) is 37.5 Å². The SMILES string of the molecule is CCN(CC)C(=S)[S-].CCN(CC)C(=S)[S-].[Sn+4]. The van der Waals surface area contributed by atoms with E-state index in [1.54, 1.807) is 0 Å². The molecule has 0 saturated heterocycles. The van der Waals surface area contributed by atoms with Gasteiger partial charge in [0.25, 0.3) is 0 Å². The molecular weight excluding hydrogens is 395 g/mol. The van der Waals surface area contributed by atoms with Crippen LogP contribution in [0.1, 0.15) is 27.7 Å². The second-order valence-electron chi connectivity index (χ2n) is 2.88. The molecule has 0 fully saturated rings. The first-order valence-corrected chi connectivity index (χ1v) is 6.99. The van der Waals surface area contributed by atoms with Crippen molar-refractivity contribution in [1.82, 2.24) is 9.80 Å². The molecular formula is C10H20N2S4Sn+2. The van der Waals surface area contributed by atoms with Crippen molar-refractivity contribution >= 4 is 82.2 Å². The fourth-order valence-electron chi connectivity index (χ4n) is 0.964. The molecule has 0 radical (unpaired) electrons. The Kier molecular flexibility index (Phi) is 20.5. The molecule has 7 heteroatoms. The number of rotatable bonds is 4. The van der Waals surface area contributed by atoms with Crippen LogP contribution in [0.25, 0.3) is 0 Å². The predicted octanol–water partition coefficient (Wildman–Crippen LogP) is 1.94. The van der Waals surface area contributed by atoms with Gasteiger partial charge < -0.3 is 59.5 Å².